The highest BCUT2D eigenvalue weighted by atomic mass is 35.5. The molecule has 2 heterocycles. The van der Waals surface area contributed by atoms with Crippen LogP contribution in [0.3, 0.4) is 0 Å². The van der Waals surface area contributed by atoms with E-state index in [1.165, 1.54) is 29.6 Å². The summed E-state index contributed by atoms with van der Waals surface area (Å²) in [5, 5.41) is 2.69. The third-order valence-corrected chi connectivity index (χ3v) is 6.76. The first kappa shape index (κ1) is 22.3. The van der Waals surface area contributed by atoms with Gasteiger partial charge in [0.2, 0.25) is 15.9 Å². The largest absolute Gasteiger partial charge is 0.355 e. The van der Waals surface area contributed by atoms with Crippen LogP contribution in [0.5, 0.6) is 0 Å². The highest BCUT2D eigenvalue weighted by Gasteiger charge is 2.37. The maximum atomic E-state index is 13.0. The lowest BCUT2D eigenvalue weighted by molar-refractivity contribution is -0.126. The normalized spacial score (nSPS) is 19.9. The van der Waals surface area contributed by atoms with Gasteiger partial charge >= 0.3 is 0 Å². The number of benzene rings is 1. The van der Waals surface area contributed by atoms with E-state index in [-0.39, 0.29) is 40.9 Å². The molecule has 1 aromatic carbocycles. The molecule has 0 spiro atoms. The summed E-state index contributed by atoms with van der Waals surface area (Å²) in [6.45, 7) is 1.03. The first-order valence-corrected chi connectivity index (χ1v) is 10.2. The summed E-state index contributed by atoms with van der Waals surface area (Å²) in [6.07, 6.45) is 1.16. The smallest absolute Gasteiger partial charge is 0.261 e. The van der Waals surface area contributed by atoms with Crippen LogP contribution in [-0.2, 0) is 14.8 Å². The lowest BCUT2D eigenvalue weighted by Gasteiger charge is -2.31. The summed E-state index contributed by atoms with van der Waals surface area (Å²) < 4.78 is 27.3. The van der Waals surface area contributed by atoms with Crippen molar-refractivity contribution in [2.45, 2.75) is 17.7 Å². The molecule has 1 unspecified atom stereocenters. The Morgan fingerprint density at radius 1 is 1.25 bits per heavy atom. The first-order valence-electron chi connectivity index (χ1n) is 8.71. The zero-order valence-electron chi connectivity index (χ0n) is 15.4. The van der Waals surface area contributed by atoms with E-state index in [9.17, 15) is 22.8 Å². The van der Waals surface area contributed by atoms with E-state index in [0.717, 1.165) is 4.90 Å². The van der Waals surface area contributed by atoms with Crippen LogP contribution in [-0.4, -0.2) is 68.6 Å². The molecule has 0 saturated carbocycles. The fraction of sp³-hybridized carbons (Fsp3) is 0.471. The number of halogens is 1. The third-order valence-electron chi connectivity index (χ3n) is 4.90. The fourth-order valence-corrected chi connectivity index (χ4v) is 4.91. The van der Waals surface area contributed by atoms with E-state index in [2.05, 4.69) is 5.32 Å². The van der Waals surface area contributed by atoms with Crippen molar-refractivity contribution < 1.29 is 22.8 Å². The van der Waals surface area contributed by atoms with Crippen LogP contribution in [0.25, 0.3) is 0 Å². The molecule has 2 aliphatic heterocycles. The molecule has 0 bridgehead atoms. The monoisotopic (exact) mass is 430 g/mol. The Kier molecular flexibility index (Phi) is 6.81. The minimum atomic E-state index is -3.88. The molecule has 154 valence electrons. The number of carbonyl (C=O) groups excluding carboxylic acids is 3. The van der Waals surface area contributed by atoms with Gasteiger partial charge in [0.1, 0.15) is 0 Å². The number of piperidine rings is 1. The quantitative estimate of drug-likeness (QED) is 0.623. The molecule has 11 heteroatoms. The Morgan fingerprint density at radius 3 is 2.61 bits per heavy atom. The van der Waals surface area contributed by atoms with Crippen molar-refractivity contribution in [2.24, 2.45) is 11.7 Å². The van der Waals surface area contributed by atoms with Crippen LogP contribution in [0.15, 0.2) is 23.1 Å². The van der Waals surface area contributed by atoms with Gasteiger partial charge in [0.25, 0.3) is 11.8 Å². The molecule has 0 aliphatic carbocycles. The highest BCUT2D eigenvalue weighted by molar-refractivity contribution is 7.89. The predicted molar refractivity (Wildman–Crippen MR) is 104 cm³/mol. The van der Waals surface area contributed by atoms with Gasteiger partial charge in [-0.1, -0.05) is 0 Å². The fourth-order valence-electron chi connectivity index (χ4n) is 3.36. The number of imide groups is 1. The molecule has 2 aliphatic rings. The SMILES string of the molecule is CN1C(=O)c2ccc(S(=O)(=O)N3CCCC(C(=O)NCCN)C3)cc2C1=O.Cl. The van der Waals surface area contributed by atoms with Crippen LogP contribution < -0.4 is 11.1 Å². The van der Waals surface area contributed by atoms with Gasteiger partial charge in [-0.15, -0.1) is 12.4 Å². The van der Waals surface area contributed by atoms with E-state index < -0.39 is 27.8 Å². The minimum absolute atomic E-state index is 0. The number of rotatable bonds is 5. The maximum Gasteiger partial charge on any atom is 0.261 e. The van der Waals surface area contributed by atoms with Crippen molar-refractivity contribution in [2.75, 3.05) is 33.2 Å². The van der Waals surface area contributed by atoms with Crippen LogP contribution in [0.1, 0.15) is 33.6 Å². The molecule has 1 aromatic rings. The van der Waals surface area contributed by atoms with Crippen molar-refractivity contribution in [1.82, 2.24) is 14.5 Å². The Hall–Kier alpha value is -2.01. The maximum absolute atomic E-state index is 13.0. The van der Waals surface area contributed by atoms with Gasteiger partial charge in [0, 0.05) is 33.2 Å². The van der Waals surface area contributed by atoms with Crippen molar-refractivity contribution >= 4 is 40.2 Å². The Labute approximate surface area is 169 Å². The number of nitrogens with one attached hydrogen (secondary N) is 1. The molecule has 3 N–H and O–H groups in total. The molecule has 28 heavy (non-hydrogen) atoms. The molecule has 0 radical (unpaired) electrons. The van der Waals surface area contributed by atoms with Crippen LogP contribution in [0.2, 0.25) is 0 Å². The second-order valence-electron chi connectivity index (χ2n) is 6.66. The van der Waals surface area contributed by atoms with Gasteiger partial charge in [0.05, 0.1) is 21.9 Å². The standard InChI is InChI=1S/C17H22N4O5S.ClH/c1-20-16(23)13-5-4-12(9-14(13)17(20)24)27(25,26)21-8-2-3-11(10-21)15(22)19-7-6-18;/h4-5,9,11H,2-3,6-8,10,18H2,1H3,(H,19,22);1H. The number of nitrogens with zero attached hydrogens (tertiary/aromatic N) is 2. The first-order chi connectivity index (χ1) is 12.8. The number of fused-ring (bicyclic) bond motifs is 1. The summed E-state index contributed by atoms with van der Waals surface area (Å²) in [6, 6.07) is 3.93. The van der Waals surface area contributed by atoms with Gasteiger partial charge in [-0.3, -0.25) is 19.3 Å². The van der Waals surface area contributed by atoms with E-state index in [1.54, 1.807) is 0 Å². The number of nitrogens with two attached hydrogens (primary N) is 1. The zero-order chi connectivity index (χ0) is 19.8. The van der Waals surface area contributed by atoms with Crippen LogP contribution in [0, 0.1) is 5.92 Å². The van der Waals surface area contributed by atoms with E-state index in [0.29, 0.717) is 32.5 Å². The van der Waals surface area contributed by atoms with Gasteiger partial charge in [-0.25, -0.2) is 8.42 Å². The average Bonchev–Trinajstić information content (AvgIpc) is 2.90. The molecule has 1 atom stereocenters. The second-order valence-corrected chi connectivity index (χ2v) is 8.60. The van der Waals surface area contributed by atoms with Gasteiger partial charge in [0.15, 0.2) is 0 Å². The molecule has 3 amide bonds. The molecule has 3 rings (SSSR count). The summed E-state index contributed by atoms with van der Waals surface area (Å²) in [7, 11) is -2.53. The Morgan fingerprint density at radius 2 is 1.93 bits per heavy atom. The zero-order valence-corrected chi connectivity index (χ0v) is 17.0. The predicted octanol–water partition coefficient (Wildman–Crippen LogP) is -0.190. The topological polar surface area (TPSA) is 130 Å². The lowest BCUT2D eigenvalue weighted by Crippen LogP contribution is -2.46. The highest BCUT2D eigenvalue weighted by Crippen LogP contribution is 2.28. The summed E-state index contributed by atoms with van der Waals surface area (Å²) in [5.41, 5.74) is 5.65. The average molecular weight is 431 g/mol. The van der Waals surface area contributed by atoms with Crippen molar-refractivity contribution in [3.05, 3.63) is 29.3 Å². The van der Waals surface area contributed by atoms with Crippen LogP contribution in [0.4, 0.5) is 0 Å². The van der Waals surface area contributed by atoms with Crippen molar-refractivity contribution in [1.29, 1.82) is 0 Å². The molecule has 9 nitrogen and oxygen atoms in total. The number of carbonyl (C=O) groups is 3. The van der Waals surface area contributed by atoms with E-state index in [4.69, 9.17) is 5.73 Å². The molecule has 1 saturated heterocycles. The Balaban J connectivity index is 0.00000280. The van der Waals surface area contributed by atoms with E-state index in [1.807, 2.05) is 0 Å². The molecular formula is C17H23ClN4O5S. The third kappa shape index (κ3) is 3.90. The minimum Gasteiger partial charge on any atom is -0.355 e. The van der Waals surface area contributed by atoms with Crippen LogP contribution >= 0.6 is 12.4 Å². The molecule has 0 aromatic heterocycles. The van der Waals surface area contributed by atoms with Crippen molar-refractivity contribution in [3.8, 4) is 0 Å². The molecule has 1 fully saturated rings. The summed E-state index contributed by atoms with van der Waals surface area (Å²) >= 11 is 0. The van der Waals surface area contributed by atoms with Gasteiger partial charge < -0.3 is 11.1 Å². The lowest BCUT2D eigenvalue weighted by atomic mass is 9.99. The summed E-state index contributed by atoms with van der Waals surface area (Å²) in [5.74, 6) is -1.63. The number of sulfonamides is 1. The number of hydrogen-bond donors (Lipinski definition) is 2. The second kappa shape index (κ2) is 8.56. The molecular weight excluding hydrogens is 408 g/mol. The van der Waals surface area contributed by atoms with Gasteiger partial charge in [-0.05, 0) is 31.0 Å². The van der Waals surface area contributed by atoms with Crippen molar-refractivity contribution in [3.63, 3.8) is 0 Å². The number of hydrogen-bond acceptors (Lipinski definition) is 6. The van der Waals surface area contributed by atoms with Gasteiger partial charge in [-0.2, -0.15) is 4.31 Å². The van der Waals surface area contributed by atoms with E-state index >= 15 is 0 Å². The summed E-state index contributed by atoms with van der Waals surface area (Å²) in [4.78, 5) is 37.2. The Bertz CT molecular complexity index is 905. The number of amides is 3.